The van der Waals surface area contributed by atoms with Crippen LogP contribution in [0.4, 0.5) is 5.69 Å². The third kappa shape index (κ3) is 6.45. The number of pyridine rings is 1. The average molecular weight is 400 g/mol. The van der Waals surface area contributed by atoms with Gasteiger partial charge in [-0.3, -0.25) is 19.6 Å². The van der Waals surface area contributed by atoms with Crippen molar-refractivity contribution in [2.75, 3.05) is 6.26 Å². The monoisotopic (exact) mass is 400 g/mol. The number of carbonyl (C=O) groups is 1. The van der Waals surface area contributed by atoms with Crippen molar-refractivity contribution in [3.63, 3.8) is 0 Å². The van der Waals surface area contributed by atoms with E-state index in [1.807, 2.05) is 61.5 Å². The van der Waals surface area contributed by atoms with E-state index in [1.54, 1.807) is 6.20 Å². The third-order valence-electron chi connectivity index (χ3n) is 3.44. The summed E-state index contributed by atoms with van der Waals surface area (Å²) in [5.41, 5.74) is 8.63. The van der Waals surface area contributed by atoms with Crippen LogP contribution in [0, 0.1) is 6.92 Å². The van der Waals surface area contributed by atoms with E-state index in [1.165, 1.54) is 0 Å². The Morgan fingerprint density at radius 2 is 1.68 bits per heavy atom. The summed E-state index contributed by atoms with van der Waals surface area (Å²) < 4.78 is 25.9. The van der Waals surface area contributed by atoms with Gasteiger partial charge in [-0.05, 0) is 30.7 Å². The number of guanidine groups is 1. The molecule has 9 heteroatoms. The van der Waals surface area contributed by atoms with E-state index >= 15 is 0 Å². The molecular weight excluding hydrogens is 380 g/mol. The molecule has 0 saturated heterocycles. The van der Waals surface area contributed by atoms with Crippen LogP contribution in [-0.2, 0) is 10.1 Å². The zero-order valence-corrected chi connectivity index (χ0v) is 16.1. The number of hydrogen-bond donors (Lipinski definition) is 3. The van der Waals surface area contributed by atoms with Gasteiger partial charge in [0.1, 0.15) is 0 Å². The van der Waals surface area contributed by atoms with Gasteiger partial charge in [0, 0.05) is 11.6 Å². The van der Waals surface area contributed by atoms with Crippen molar-refractivity contribution in [2.24, 2.45) is 10.7 Å². The van der Waals surface area contributed by atoms with Crippen LogP contribution in [-0.4, -0.2) is 36.1 Å². The first-order valence-electron chi connectivity index (χ1n) is 8.12. The summed E-state index contributed by atoms with van der Waals surface area (Å²) in [5.74, 6) is -0.236. The second-order valence-corrected chi connectivity index (χ2v) is 7.32. The van der Waals surface area contributed by atoms with Crippen LogP contribution in [0.2, 0.25) is 0 Å². The highest BCUT2D eigenvalue weighted by Gasteiger charge is 2.14. The zero-order valence-electron chi connectivity index (χ0n) is 15.3. The van der Waals surface area contributed by atoms with Crippen molar-refractivity contribution in [3.05, 3.63) is 71.9 Å². The van der Waals surface area contributed by atoms with Crippen LogP contribution in [0.15, 0.2) is 65.8 Å². The third-order valence-corrected chi connectivity index (χ3v) is 3.44. The van der Waals surface area contributed by atoms with Crippen molar-refractivity contribution in [1.29, 1.82) is 0 Å². The minimum atomic E-state index is -3.67. The van der Waals surface area contributed by atoms with Crippen LogP contribution < -0.4 is 11.1 Å². The summed E-state index contributed by atoms with van der Waals surface area (Å²) in [6.07, 6.45) is 2.40. The highest BCUT2D eigenvalue weighted by molar-refractivity contribution is 7.85. The minimum absolute atomic E-state index is 0.0569. The molecule has 0 radical (unpaired) electrons. The highest BCUT2D eigenvalue weighted by Crippen LogP contribution is 2.19. The molecule has 4 N–H and O–H groups in total. The van der Waals surface area contributed by atoms with Crippen molar-refractivity contribution < 1.29 is 17.8 Å². The van der Waals surface area contributed by atoms with E-state index in [0.29, 0.717) is 17.5 Å². The first kappa shape index (κ1) is 21.0. The van der Waals surface area contributed by atoms with Crippen LogP contribution in [0.5, 0.6) is 0 Å². The van der Waals surface area contributed by atoms with Crippen LogP contribution >= 0.6 is 0 Å². The largest absolute Gasteiger partial charge is 0.369 e. The van der Waals surface area contributed by atoms with Gasteiger partial charge in [-0.15, -0.1) is 0 Å². The van der Waals surface area contributed by atoms with E-state index < -0.39 is 10.1 Å². The Labute approximate surface area is 162 Å². The molecule has 0 aliphatic heterocycles. The summed E-state index contributed by atoms with van der Waals surface area (Å²) in [6.45, 7) is 1.85. The maximum Gasteiger partial charge on any atom is 0.261 e. The molecule has 28 heavy (non-hydrogen) atoms. The minimum Gasteiger partial charge on any atom is -0.369 e. The fourth-order valence-corrected chi connectivity index (χ4v) is 2.39. The number of amides is 1. The molecule has 8 nitrogen and oxygen atoms in total. The molecule has 146 valence electrons. The lowest BCUT2D eigenvalue weighted by Gasteiger charge is -2.10. The number of nitrogens with one attached hydrogen (secondary N) is 1. The second kappa shape index (κ2) is 9.07. The van der Waals surface area contributed by atoms with Gasteiger partial charge in [0.25, 0.3) is 16.0 Å². The van der Waals surface area contributed by atoms with Crippen LogP contribution in [0.3, 0.4) is 0 Å². The molecule has 0 spiro atoms. The maximum atomic E-state index is 12.6. The smallest absolute Gasteiger partial charge is 0.261 e. The van der Waals surface area contributed by atoms with Crippen LogP contribution in [0.25, 0.3) is 10.9 Å². The molecule has 3 rings (SSSR count). The van der Waals surface area contributed by atoms with E-state index in [9.17, 15) is 13.2 Å². The Morgan fingerprint density at radius 3 is 2.32 bits per heavy atom. The molecule has 1 aromatic heterocycles. The van der Waals surface area contributed by atoms with Crippen molar-refractivity contribution in [1.82, 2.24) is 10.3 Å². The average Bonchev–Trinajstić information content (AvgIpc) is 2.60. The first-order chi connectivity index (χ1) is 13.1. The lowest BCUT2D eigenvalue weighted by Crippen LogP contribution is -2.37. The molecule has 0 saturated carbocycles. The number of hydrogen-bond acceptors (Lipinski definition) is 5. The number of carbonyl (C=O) groups excluding carboxylic acids is 1. The predicted molar refractivity (Wildman–Crippen MR) is 109 cm³/mol. The van der Waals surface area contributed by atoms with E-state index in [4.69, 9.17) is 10.3 Å². The maximum absolute atomic E-state index is 12.6. The fraction of sp³-hybridized carbons (Fsp3) is 0.105. The van der Waals surface area contributed by atoms with Gasteiger partial charge in [0.2, 0.25) is 5.96 Å². The Bertz CT molecular complexity index is 1110. The van der Waals surface area contributed by atoms with Gasteiger partial charge >= 0.3 is 0 Å². The number of aliphatic imine (C=N–C) groups is 1. The molecule has 0 bridgehead atoms. The van der Waals surface area contributed by atoms with E-state index in [-0.39, 0.29) is 11.9 Å². The van der Waals surface area contributed by atoms with Gasteiger partial charge in [-0.2, -0.15) is 8.42 Å². The van der Waals surface area contributed by atoms with Gasteiger partial charge in [0.15, 0.2) is 0 Å². The van der Waals surface area contributed by atoms with Gasteiger partial charge < -0.3 is 5.73 Å². The SMILES string of the molecule is CS(=O)(=O)O.Cc1cnc2ccccc2c1C(=O)NC(N)=Nc1ccccc1. The molecule has 2 aromatic carbocycles. The number of rotatable bonds is 2. The Hall–Kier alpha value is -3.30. The van der Waals surface area contributed by atoms with Gasteiger partial charge in [-0.25, -0.2) is 4.99 Å². The first-order valence-corrected chi connectivity index (χ1v) is 9.97. The van der Waals surface area contributed by atoms with Crippen molar-refractivity contribution in [3.8, 4) is 0 Å². The van der Waals surface area contributed by atoms with Crippen molar-refractivity contribution >= 4 is 38.6 Å². The molecule has 0 aliphatic carbocycles. The lowest BCUT2D eigenvalue weighted by molar-refractivity contribution is 0.0977. The molecule has 3 aromatic rings. The number of nitrogens with zero attached hydrogens (tertiary/aromatic N) is 2. The molecule has 1 amide bonds. The summed E-state index contributed by atoms with van der Waals surface area (Å²) >= 11 is 0. The summed E-state index contributed by atoms with van der Waals surface area (Å²) in [4.78, 5) is 21.1. The number of fused-ring (bicyclic) bond motifs is 1. The molecule has 0 atom stereocenters. The summed E-state index contributed by atoms with van der Waals surface area (Å²) in [6, 6.07) is 16.7. The van der Waals surface area contributed by atoms with Gasteiger partial charge in [0.05, 0.1) is 23.0 Å². The number of benzene rings is 2. The Morgan fingerprint density at radius 1 is 1.11 bits per heavy atom. The summed E-state index contributed by atoms with van der Waals surface area (Å²) in [7, 11) is -3.67. The standard InChI is InChI=1S/C18H16N4O.CH4O3S/c1-12-11-20-15-10-6-5-9-14(15)16(12)17(23)22-18(19)21-13-7-3-2-4-8-13;1-5(2,3)4/h2-11H,1H3,(H3,19,21,22,23);1H3,(H,2,3,4). The molecule has 0 unspecified atom stereocenters. The number of para-hydroxylation sites is 2. The Balaban J connectivity index is 0.000000500. The topological polar surface area (TPSA) is 135 Å². The van der Waals surface area contributed by atoms with E-state index in [2.05, 4.69) is 15.3 Å². The molecule has 0 fully saturated rings. The van der Waals surface area contributed by atoms with Gasteiger partial charge in [-0.1, -0.05) is 36.4 Å². The highest BCUT2D eigenvalue weighted by atomic mass is 32.2. The zero-order chi connectivity index (χ0) is 20.7. The lowest BCUT2D eigenvalue weighted by atomic mass is 10.0. The Kier molecular flexibility index (Phi) is 6.80. The second-order valence-electron chi connectivity index (χ2n) is 5.85. The number of aryl methyl sites for hydroxylation is 1. The van der Waals surface area contributed by atoms with E-state index in [0.717, 1.165) is 16.5 Å². The molecular formula is C19H20N4O4S. The molecule has 0 aliphatic rings. The van der Waals surface area contributed by atoms with Crippen LogP contribution in [0.1, 0.15) is 15.9 Å². The summed E-state index contributed by atoms with van der Waals surface area (Å²) in [5, 5.41) is 3.43. The predicted octanol–water partition coefficient (Wildman–Crippen LogP) is 2.42. The number of aromatic nitrogens is 1. The van der Waals surface area contributed by atoms with Crippen molar-refractivity contribution in [2.45, 2.75) is 6.92 Å². The fourth-order valence-electron chi connectivity index (χ4n) is 2.39. The number of nitrogens with two attached hydrogens (primary N) is 1. The quantitative estimate of drug-likeness (QED) is 0.343. The molecule has 1 heterocycles. The normalized spacial score (nSPS) is 11.5.